The Bertz CT molecular complexity index is 715. The highest BCUT2D eigenvalue weighted by Crippen LogP contribution is 2.29. The molecule has 0 spiro atoms. The third kappa shape index (κ3) is 3.42. The molecule has 0 saturated carbocycles. The Morgan fingerprint density at radius 1 is 1.29 bits per heavy atom. The number of hydrogen-bond donors (Lipinski definition) is 2. The van der Waals surface area contributed by atoms with Crippen molar-refractivity contribution in [3.8, 4) is 0 Å². The smallest absolute Gasteiger partial charge is 0.249 e. The van der Waals surface area contributed by atoms with E-state index in [1.54, 1.807) is 0 Å². The van der Waals surface area contributed by atoms with Crippen LogP contribution in [0.25, 0.3) is 0 Å². The molecule has 0 atom stereocenters. The first-order valence-electron chi connectivity index (χ1n) is 6.81. The quantitative estimate of drug-likeness (QED) is 0.881. The molecule has 0 unspecified atom stereocenters. The van der Waals surface area contributed by atoms with Gasteiger partial charge in [-0.1, -0.05) is 35.6 Å². The Labute approximate surface area is 128 Å². The van der Waals surface area contributed by atoms with Gasteiger partial charge in [0, 0.05) is 6.54 Å². The maximum atomic E-state index is 11.2. The van der Waals surface area contributed by atoms with Crippen molar-refractivity contribution in [1.82, 2.24) is 4.98 Å². The molecule has 0 bridgehead atoms. The SMILES string of the molecule is NS(=O)(=O)c1cnc(NCCC2Cc3ccccc3C2)s1. The zero-order valence-corrected chi connectivity index (χ0v) is 13.1. The van der Waals surface area contributed by atoms with Crippen molar-refractivity contribution in [2.45, 2.75) is 23.5 Å². The summed E-state index contributed by atoms with van der Waals surface area (Å²) in [7, 11) is -3.64. The molecule has 0 saturated heterocycles. The average molecular weight is 323 g/mol. The summed E-state index contributed by atoms with van der Waals surface area (Å²) in [6, 6.07) is 8.57. The van der Waals surface area contributed by atoms with E-state index in [2.05, 4.69) is 34.6 Å². The topological polar surface area (TPSA) is 85.1 Å². The molecule has 112 valence electrons. The maximum absolute atomic E-state index is 11.2. The Hall–Kier alpha value is -1.44. The van der Waals surface area contributed by atoms with Gasteiger partial charge < -0.3 is 5.32 Å². The van der Waals surface area contributed by atoms with Crippen LogP contribution >= 0.6 is 11.3 Å². The largest absolute Gasteiger partial charge is 0.361 e. The molecule has 3 rings (SSSR count). The standard InChI is InChI=1S/C14H17N3O2S2/c15-21(18,19)13-9-17-14(20-13)16-6-5-10-7-11-3-1-2-4-12(11)8-10/h1-4,9-10H,5-8H2,(H,16,17)(H2,15,18,19). The molecular weight excluding hydrogens is 306 g/mol. The Kier molecular flexibility index (Phi) is 3.97. The monoisotopic (exact) mass is 323 g/mol. The van der Waals surface area contributed by atoms with Gasteiger partial charge in [0.15, 0.2) is 9.34 Å². The van der Waals surface area contributed by atoms with Crippen LogP contribution in [0.4, 0.5) is 5.13 Å². The minimum Gasteiger partial charge on any atom is -0.361 e. The number of rotatable bonds is 5. The zero-order chi connectivity index (χ0) is 14.9. The number of nitrogens with two attached hydrogens (primary N) is 1. The molecule has 1 aliphatic carbocycles. The molecule has 3 N–H and O–H groups in total. The van der Waals surface area contributed by atoms with Crippen LogP contribution in [0.2, 0.25) is 0 Å². The molecule has 0 radical (unpaired) electrons. The number of thiazole rings is 1. The van der Waals surface area contributed by atoms with Crippen LogP contribution in [0.1, 0.15) is 17.5 Å². The number of anilines is 1. The van der Waals surface area contributed by atoms with Gasteiger partial charge in [-0.05, 0) is 36.3 Å². The summed E-state index contributed by atoms with van der Waals surface area (Å²) in [5.41, 5.74) is 2.90. The van der Waals surface area contributed by atoms with Crippen molar-refractivity contribution >= 4 is 26.5 Å². The number of fused-ring (bicyclic) bond motifs is 1. The Morgan fingerprint density at radius 3 is 2.52 bits per heavy atom. The normalized spacial score (nSPS) is 15.1. The fraction of sp³-hybridized carbons (Fsp3) is 0.357. The summed E-state index contributed by atoms with van der Waals surface area (Å²) in [5, 5.41) is 8.85. The molecule has 1 aliphatic rings. The summed E-state index contributed by atoms with van der Waals surface area (Å²) >= 11 is 1.07. The number of nitrogens with zero attached hydrogens (tertiary/aromatic N) is 1. The second kappa shape index (κ2) is 5.75. The van der Waals surface area contributed by atoms with Gasteiger partial charge in [-0.2, -0.15) is 0 Å². The van der Waals surface area contributed by atoms with Crippen LogP contribution in [0.5, 0.6) is 0 Å². The second-order valence-electron chi connectivity index (χ2n) is 5.29. The highest BCUT2D eigenvalue weighted by atomic mass is 32.2. The molecule has 7 heteroatoms. The van der Waals surface area contributed by atoms with E-state index in [0.717, 1.165) is 37.1 Å². The van der Waals surface area contributed by atoms with E-state index in [4.69, 9.17) is 5.14 Å². The Balaban J connectivity index is 1.51. The van der Waals surface area contributed by atoms with Gasteiger partial charge in [0.05, 0.1) is 6.20 Å². The molecule has 1 aromatic carbocycles. The van der Waals surface area contributed by atoms with E-state index < -0.39 is 10.0 Å². The van der Waals surface area contributed by atoms with Crippen LogP contribution in [0.15, 0.2) is 34.7 Å². The van der Waals surface area contributed by atoms with Gasteiger partial charge in [0.2, 0.25) is 10.0 Å². The lowest BCUT2D eigenvalue weighted by Gasteiger charge is -2.08. The van der Waals surface area contributed by atoms with Gasteiger partial charge in [-0.25, -0.2) is 18.5 Å². The third-order valence-electron chi connectivity index (χ3n) is 3.73. The van der Waals surface area contributed by atoms with Crippen molar-refractivity contribution in [3.63, 3.8) is 0 Å². The molecular formula is C14H17N3O2S2. The number of nitrogens with one attached hydrogen (secondary N) is 1. The predicted octanol–water partition coefficient (Wildman–Crippen LogP) is 2.01. The minimum absolute atomic E-state index is 0.0956. The maximum Gasteiger partial charge on any atom is 0.249 e. The fourth-order valence-corrected chi connectivity index (χ4v) is 4.19. The number of aromatic nitrogens is 1. The number of benzene rings is 1. The van der Waals surface area contributed by atoms with Crippen LogP contribution in [0, 0.1) is 5.92 Å². The third-order valence-corrected chi connectivity index (χ3v) is 6.09. The van der Waals surface area contributed by atoms with E-state index >= 15 is 0 Å². The van der Waals surface area contributed by atoms with Gasteiger partial charge in [-0.15, -0.1) is 0 Å². The van der Waals surface area contributed by atoms with Crippen molar-refractivity contribution in [2.24, 2.45) is 11.1 Å². The minimum atomic E-state index is -3.64. The first kappa shape index (κ1) is 14.5. The van der Waals surface area contributed by atoms with E-state index in [9.17, 15) is 8.42 Å². The molecule has 0 amide bonds. The van der Waals surface area contributed by atoms with Gasteiger partial charge in [0.25, 0.3) is 0 Å². The average Bonchev–Trinajstić information content (AvgIpc) is 3.03. The van der Waals surface area contributed by atoms with Crippen LogP contribution in [-0.4, -0.2) is 19.9 Å². The van der Waals surface area contributed by atoms with Gasteiger partial charge in [-0.3, -0.25) is 0 Å². The molecule has 5 nitrogen and oxygen atoms in total. The number of primary sulfonamides is 1. The lowest BCUT2D eigenvalue weighted by molar-refractivity contribution is 0.530. The fourth-order valence-electron chi connectivity index (χ4n) is 2.71. The molecule has 21 heavy (non-hydrogen) atoms. The molecule has 1 heterocycles. The van der Waals surface area contributed by atoms with E-state index in [-0.39, 0.29) is 4.21 Å². The molecule has 0 fully saturated rings. The lowest BCUT2D eigenvalue weighted by Crippen LogP contribution is -2.10. The van der Waals surface area contributed by atoms with Crippen molar-refractivity contribution in [1.29, 1.82) is 0 Å². The van der Waals surface area contributed by atoms with Gasteiger partial charge in [0.1, 0.15) is 0 Å². The summed E-state index contributed by atoms with van der Waals surface area (Å²) in [4.78, 5) is 4.03. The summed E-state index contributed by atoms with van der Waals surface area (Å²) < 4.78 is 22.4. The van der Waals surface area contributed by atoms with Gasteiger partial charge >= 0.3 is 0 Å². The van der Waals surface area contributed by atoms with Crippen molar-refractivity contribution in [3.05, 3.63) is 41.6 Å². The second-order valence-corrected chi connectivity index (χ2v) is 8.11. The summed E-state index contributed by atoms with van der Waals surface area (Å²) in [6.45, 7) is 0.788. The van der Waals surface area contributed by atoms with Crippen LogP contribution in [-0.2, 0) is 22.9 Å². The van der Waals surface area contributed by atoms with Crippen LogP contribution < -0.4 is 10.5 Å². The first-order chi connectivity index (χ1) is 10.0. The lowest BCUT2D eigenvalue weighted by atomic mass is 10.0. The molecule has 2 aromatic rings. The van der Waals surface area contributed by atoms with Crippen molar-refractivity contribution in [2.75, 3.05) is 11.9 Å². The van der Waals surface area contributed by atoms with E-state index in [0.29, 0.717) is 11.0 Å². The summed E-state index contributed by atoms with van der Waals surface area (Å²) in [5.74, 6) is 0.646. The molecule has 0 aliphatic heterocycles. The van der Waals surface area contributed by atoms with Crippen LogP contribution in [0.3, 0.4) is 0 Å². The highest BCUT2D eigenvalue weighted by Gasteiger charge is 2.20. The summed E-state index contributed by atoms with van der Waals surface area (Å²) in [6.07, 6.45) is 4.59. The highest BCUT2D eigenvalue weighted by molar-refractivity contribution is 7.91. The number of sulfonamides is 1. The Morgan fingerprint density at radius 2 is 1.95 bits per heavy atom. The van der Waals surface area contributed by atoms with Crippen molar-refractivity contribution < 1.29 is 8.42 Å². The van der Waals surface area contributed by atoms with E-state index in [1.807, 2.05) is 0 Å². The van der Waals surface area contributed by atoms with E-state index in [1.165, 1.54) is 17.3 Å². The number of hydrogen-bond acceptors (Lipinski definition) is 5. The first-order valence-corrected chi connectivity index (χ1v) is 9.18. The zero-order valence-electron chi connectivity index (χ0n) is 11.5. The molecule has 1 aromatic heterocycles. The predicted molar refractivity (Wildman–Crippen MR) is 83.9 cm³/mol.